The van der Waals surface area contributed by atoms with Gasteiger partial charge in [0.25, 0.3) is 5.91 Å². The van der Waals surface area contributed by atoms with Crippen LogP contribution in [-0.2, 0) is 21.6 Å². The van der Waals surface area contributed by atoms with Gasteiger partial charge in [-0.05, 0) is 35.4 Å². The van der Waals surface area contributed by atoms with Crippen LogP contribution in [0.1, 0.15) is 31.8 Å². The normalized spacial score (nSPS) is 14.2. The van der Waals surface area contributed by atoms with Crippen LogP contribution < -0.4 is 4.74 Å². The molecule has 1 aliphatic rings. The molecule has 6 heteroatoms. The topological polar surface area (TPSA) is 72.9 Å². The number of aldehydes is 1. The number of carbonyl (C=O) groups excluding carboxylic acids is 3. The van der Waals surface area contributed by atoms with Crippen molar-refractivity contribution < 1.29 is 23.9 Å². The second-order valence-corrected chi connectivity index (χ2v) is 7.77. The van der Waals surface area contributed by atoms with E-state index in [0.29, 0.717) is 23.5 Å². The minimum absolute atomic E-state index is 0.142. The number of nitrogens with zero attached hydrogens (tertiary/aromatic N) is 1. The first-order valence-electron chi connectivity index (χ1n) is 10.3. The van der Waals surface area contributed by atoms with Crippen molar-refractivity contribution in [2.24, 2.45) is 0 Å². The second-order valence-electron chi connectivity index (χ2n) is 7.77. The van der Waals surface area contributed by atoms with Crippen molar-refractivity contribution in [2.75, 3.05) is 20.2 Å². The number of benzene rings is 3. The number of methoxy groups -OCH3 is 1. The summed E-state index contributed by atoms with van der Waals surface area (Å²) in [6, 6.07) is 23.5. The molecule has 0 aromatic heterocycles. The third-order valence-electron chi connectivity index (χ3n) is 5.73. The van der Waals surface area contributed by atoms with Crippen molar-refractivity contribution in [3.8, 4) is 5.75 Å². The number of ether oxygens (including phenoxy) is 2. The van der Waals surface area contributed by atoms with Crippen LogP contribution in [0.5, 0.6) is 5.75 Å². The number of likely N-dealkylation sites (tertiary alicyclic amines) is 1. The van der Waals surface area contributed by atoms with Crippen LogP contribution in [0.4, 0.5) is 0 Å². The van der Waals surface area contributed by atoms with E-state index in [4.69, 9.17) is 9.47 Å². The maximum Gasteiger partial charge on any atom is 0.319 e. The second kappa shape index (κ2) is 9.06. The third-order valence-corrected chi connectivity index (χ3v) is 5.73. The summed E-state index contributed by atoms with van der Waals surface area (Å²) in [7, 11) is 1.37. The van der Waals surface area contributed by atoms with E-state index in [-0.39, 0.29) is 25.0 Å². The van der Waals surface area contributed by atoms with Gasteiger partial charge in [0, 0.05) is 24.2 Å². The fourth-order valence-corrected chi connectivity index (χ4v) is 3.87. The number of rotatable bonds is 7. The smallest absolute Gasteiger partial charge is 0.319 e. The quantitative estimate of drug-likeness (QED) is 0.424. The maximum absolute atomic E-state index is 12.9. The van der Waals surface area contributed by atoms with Crippen molar-refractivity contribution in [3.63, 3.8) is 0 Å². The predicted molar refractivity (Wildman–Crippen MR) is 119 cm³/mol. The number of esters is 1. The van der Waals surface area contributed by atoms with Crippen LogP contribution in [0, 0.1) is 0 Å². The Morgan fingerprint density at radius 3 is 2.19 bits per heavy atom. The highest BCUT2D eigenvalue weighted by Gasteiger charge is 2.53. The van der Waals surface area contributed by atoms with E-state index in [1.165, 1.54) is 7.11 Å². The van der Waals surface area contributed by atoms with Crippen LogP contribution in [-0.4, -0.2) is 43.3 Å². The molecule has 3 aromatic carbocycles. The van der Waals surface area contributed by atoms with Gasteiger partial charge >= 0.3 is 5.97 Å². The molecule has 0 radical (unpaired) electrons. The zero-order valence-corrected chi connectivity index (χ0v) is 17.7. The summed E-state index contributed by atoms with van der Waals surface area (Å²) in [5.74, 6) is 0.159. The Labute approximate surface area is 186 Å². The van der Waals surface area contributed by atoms with Gasteiger partial charge in [0.15, 0.2) is 0 Å². The van der Waals surface area contributed by atoms with Gasteiger partial charge in [0.1, 0.15) is 24.1 Å². The number of amides is 1. The summed E-state index contributed by atoms with van der Waals surface area (Å²) >= 11 is 0. The Bertz CT molecular complexity index is 1100. The van der Waals surface area contributed by atoms with E-state index in [0.717, 1.165) is 17.4 Å². The molecule has 0 saturated carbocycles. The first-order valence-corrected chi connectivity index (χ1v) is 10.3. The fraction of sp³-hybridized carbons (Fsp3) is 0.192. The van der Waals surface area contributed by atoms with Crippen LogP contribution in [0.15, 0.2) is 78.9 Å². The first-order chi connectivity index (χ1) is 15.6. The van der Waals surface area contributed by atoms with Gasteiger partial charge in [-0.1, -0.05) is 54.6 Å². The summed E-state index contributed by atoms with van der Waals surface area (Å²) < 4.78 is 10.8. The zero-order valence-electron chi connectivity index (χ0n) is 17.7. The van der Waals surface area contributed by atoms with E-state index in [2.05, 4.69) is 0 Å². The van der Waals surface area contributed by atoms with Crippen molar-refractivity contribution in [3.05, 3.63) is 101 Å². The molecule has 1 aliphatic heterocycles. The number of carbonyl (C=O) groups is 3. The maximum atomic E-state index is 12.9. The highest BCUT2D eigenvalue weighted by atomic mass is 16.5. The molecule has 0 aliphatic carbocycles. The summed E-state index contributed by atoms with van der Waals surface area (Å²) in [5.41, 5.74) is 2.11. The summed E-state index contributed by atoms with van der Waals surface area (Å²) in [6.07, 6.45) is 0.799. The molecule has 1 amide bonds. The molecule has 1 heterocycles. The van der Waals surface area contributed by atoms with Gasteiger partial charge in [-0.2, -0.15) is 0 Å². The van der Waals surface area contributed by atoms with Crippen LogP contribution in [0.25, 0.3) is 0 Å². The van der Waals surface area contributed by atoms with Gasteiger partial charge in [0.2, 0.25) is 0 Å². The molecule has 0 N–H and O–H groups in total. The van der Waals surface area contributed by atoms with Gasteiger partial charge < -0.3 is 14.4 Å². The van der Waals surface area contributed by atoms with Crippen LogP contribution >= 0.6 is 0 Å². The van der Waals surface area contributed by atoms with E-state index < -0.39 is 5.41 Å². The summed E-state index contributed by atoms with van der Waals surface area (Å²) in [6.45, 7) is 0.909. The Kier molecular flexibility index (Phi) is 6.03. The Hall–Kier alpha value is -3.93. The fourth-order valence-electron chi connectivity index (χ4n) is 3.87. The first kappa shape index (κ1) is 21.3. The SMILES string of the molecule is COC(=O)C1(c2ccccc2)CN(C(=O)c2ccc(OCc3ccc(C=O)cc3)cc2)C1. The molecule has 0 unspecified atom stereocenters. The minimum Gasteiger partial charge on any atom is -0.489 e. The van der Waals surface area contributed by atoms with Crippen molar-refractivity contribution in [1.29, 1.82) is 0 Å². The Balaban J connectivity index is 1.38. The minimum atomic E-state index is -0.825. The lowest BCUT2D eigenvalue weighted by Crippen LogP contribution is -2.65. The summed E-state index contributed by atoms with van der Waals surface area (Å²) in [5, 5.41) is 0. The van der Waals surface area contributed by atoms with Gasteiger partial charge in [-0.3, -0.25) is 14.4 Å². The number of hydrogen-bond acceptors (Lipinski definition) is 5. The molecule has 6 nitrogen and oxygen atoms in total. The lowest BCUT2D eigenvalue weighted by Gasteiger charge is -2.48. The molecule has 0 bridgehead atoms. The summed E-state index contributed by atoms with van der Waals surface area (Å²) in [4.78, 5) is 37.8. The third kappa shape index (κ3) is 4.12. The molecule has 162 valence electrons. The van der Waals surface area contributed by atoms with E-state index in [1.807, 2.05) is 42.5 Å². The predicted octanol–water partition coefficient (Wildman–Crippen LogP) is 3.64. The standard InChI is InChI=1S/C26H23NO5/c1-31-25(30)26(22-5-3-2-4-6-22)17-27(18-26)24(29)21-11-13-23(14-12-21)32-16-20-9-7-19(15-28)8-10-20/h2-15H,16-18H2,1H3. The van der Waals surface area contributed by atoms with Crippen molar-refractivity contribution in [2.45, 2.75) is 12.0 Å². The molecular weight excluding hydrogens is 406 g/mol. The van der Waals surface area contributed by atoms with Crippen LogP contribution in [0.3, 0.4) is 0 Å². The average Bonchev–Trinajstić information content (AvgIpc) is 2.83. The Morgan fingerprint density at radius 2 is 1.59 bits per heavy atom. The molecule has 3 aromatic rings. The highest BCUT2D eigenvalue weighted by Crippen LogP contribution is 2.36. The largest absolute Gasteiger partial charge is 0.489 e. The molecule has 0 atom stereocenters. The van der Waals surface area contributed by atoms with Crippen LogP contribution in [0.2, 0.25) is 0 Å². The molecule has 0 spiro atoms. The van der Waals surface area contributed by atoms with Gasteiger partial charge in [-0.15, -0.1) is 0 Å². The molecule has 4 rings (SSSR count). The zero-order chi connectivity index (χ0) is 22.6. The Morgan fingerprint density at radius 1 is 0.938 bits per heavy atom. The lowest BCUT2D eigenvalue weighted by atomic mass is 9.73. The monoisotopic (exact) mass is 429 g/mol. The molecule has 32 heavy (non-hydrogen) atoms. The van der Waals surface area contributed by atoms with Crippen molar-refractivity contribution >= 4 is 18.2 Å². The lowest BCUT2D eigenvalue weighted by molar-refractivity contribution is -0.153. The van der Waals surface area contributed by atoms with Crippen molar-refractivity contribution in [1.82, 2.24) is 4.90 Å². The van der Waals surface area contributed by atoms with Gasteiger partial charge in [-0.25, -0.2) is 0 Å². The van der Waals surface area contributed by atoms with E-state index >= 15 is 0 Å². The molecule has 1 saturated heterocycles. The highest BCUT2D eigenvalue weighted by molar-refractivity contribution is 5.97. The number of hydrogen-bond donors (Lipinski definition) is 0. The molecular formula is C26H23NO5. The van der Waals surface area contributed by atoms with Gasteiger partial charge in [0.05, 0.1) is 7.11 Å². The molecule has 1 fully saturated rings. The van der Waals surface area contributed by atoms with E-state index in [9.17, 15) is 14.4 Å². The van der Waals surface area contributed by atoms with E-state index in [1.54, 1.807) is 41.3 Å². The average molecular weight is 429 g/mol.